The molecule has 0 bridgehead atoms. The number of carbonyl (C=O) groups excluding carboxylic acids is 1. The zero-order valence-corrected chi connectivity index (χ0v) is 10.6. The second-order valence-corrected chi connectivity index (χ2v) is 4.53. The van der Waals surface area contributed by atoms with Crippen molar-refractivity contribution in [3.05, 3.63) is 65.5 Å². The van der Waals surface area contributed by atoms with Crippen LogP contribution in [0.5, 0.6) is 0 Å². The summed E-state index contributed by atoms with van der Waals surface area (Å²) in [6.07, 6.45) is 2.09. The smallest absolute Gasteiger partial charge is 0.162 e. The first-order valence-corrected chi connectivity index (χ1v) is 6.28. The number of ketones is 1. The molecular weight excluding hydrogens is 241 g/mol. The Kier molecular flexibility index (Phi) is 4.29. The molecule has 0 unspecified atom stereocenters. The Bertz CT molecular complexity index is 546. The zero-order valence-electron chi connectivity index (χ0n) is 10.6. The number of anilines is 1. The quantitative estimate of drug-likeness (QED) is 0.656. The summed E-state index contributed by atoms with van der Waals surface area (Å²) in [6.45, 7) is 0. The largest absolute Gasteiger partial charge is 0.399 e. The number of halogens is 1. The summed E-state index contributed by atoms with van der Waals surface area (Å²) >= 11 is 0. The lowest BCUT2D eigenvalue weighted by Gasteiger charge is -2.03. The van der Waals surface area contributed by atoms with Crippen LogP contribution in [0.3, 0.4) is 0 Å². The number of hydrogen-bond donors (Lipinski definition) is 1. The molecule has 2 nitrogen and oxygen atoms in total. The summed E-state index contributed by atoms with van der Waals surface area (Å²) < 4.78 is 12.7. The lowest BCUT2D eigenvalue weighted by Crippen LogP contribution is -2.00. The van der Waals surface area contributed by atoms with Crippen molar-refractivity contribution < 1.29 is 9.18 Å². The molecule has 0 aliphatic carbocycles. The van der Waals surface area contributed by atoms with Crippen molar-refractivity contribution in [1.82, 2.24) is 0 Å². The van der Waals surface area contributed by atoms with Gasteiger partial charge in [-0.15, -0.1) is 0 Å². The topological polar surface area (TPSA) is 43.1 Å². The maximum absolute atomic E-state index is 12.7. The molecule has 0 atom stereocenters. The molecule has 2 rings (SSSR count). The van der Waals surface area contributed by atoms with Crippen molar-refractivity contribution >= 4 is 11.5 Å². The van der Waals surface area contributed by atoms with E-state index in [1.165, 1.54) is 29.8 Å². The Labute approximate surface area is 112 Å². The molecule has 0 saturated carbocycles. The third kappa shape index (κ3) is 3.91. The van der Waals surface area contributed by atoms with Gasteiger partial charge in [0.2, 0.25) is 0 Å². The average molecular weight is 257 g/mol. The molecular formula is C16H16FNO. The van der Waals surface area contributed by atoms with Gasteiger partial charge in [0.15, 0.2) is 5.78 Å². The molecule has 0 aromatic heterocycles. The molecule has 3 heteroatoms. The first-order valence-electron chi connectivity index (χ1n) is 6.28. The molecule has 2 N–H and O–H groups in total. The predicted octanol–water partition coefficient (Wildman–Crippen LogP) is 3.61. The van der Waals surface area contributed by atoms with E-state index in [1.807, 2.05) is 24.3 Å². The Morgan fingerprint density at radius 3 is 2.26 bits per heavy atom. The third-order valence-electron chi connectivity index (χ3n) is 3.02. The van der Waals surface area contributed by atoms with E-state index in [2.05, 4.69) is 0 Å². The van der Waals surface area contributed by atoms with E-state index in [0.717, 1.165) is 18.5 Å². The van der Waals surface area contributed by atoms with E-state index in [1.54, 1.807) is 0 Å². The van der Waals surface area contributed by atoms with Crippen LogP contribution in [-0.2, 0) is 6.42 Å². The Morgan fingerprint density at radius 1 is 1.00 bits per heavy atom. The number of nitrogen functional groups attached to an aromatic ring is 1. The van der Waals surface area contributed by atoms with Crippen LogP contribution in [0, 0.1) is 5.82 Å². The molecule has 0 spiro atoms. The van der Waals surface area contributed by atoms with Crippen molar-refractivity contribution in [2.24, 2.45) is 0 Å². The number of rotatable bonds is 5. The van der Waals surface area contributed by atoms with Crippen molar-refractivity contribution in [3.8, 4) is 0 Å². The fourth-order valence-corrected chi connectivity index (χ4v) is 1.92. The van der Waals surface area contributed by atoms with Crippen molar-refractivity contribution in [1.29, 1.82) is 0 Å². The van der Waals surface area contributed by atoms with E-state index in [0.29, 0.717) is 12.0 Å². The van der Waals surface area contributed by atoms with Gasteiger partial charge in [0.05, 0.1) is 0 Å². The minimum absolute atomic E-state index is 0.0513. The minimum Gasteiger partial charge on any atom is -0.399 e. The minimum atomic E-state index is -0.321. The molecule has 98 valence electrons. The highest BCUT2D eigenvalue weighted by Gasteiger charge is 2.05. The van der Waals surface area contributed by atoms with Crippen LogP contribution in [-0.4, -0.2) is 5.78 Å². The lowest BCUT2D eigenvalue weighted by atomic mass is 10.0. The lowest BCUT2D eigenvalue weighted by molar-refractivity contribution is 0.0980. The van der Waals surface area contributed by atoms with Gasteiger partial charge < -0.3 is 5.73 Å². The van der Waals surface area contributed by atoms with Crippen LogP contribution in [0.2, 0.25) is 0 Å². The number of hydrogen-bond acceptors (Lipinski definition) is 2. The second kappa shape index (κ2) is 6.14. The Hall–Kier alpha value is -2.16. The van der Waals surface area contributed by atoms with Gasteiger partial charge in [-0.05, 0) is 54.8 Å². The molecule has 0 fully saturated rings. The number of aryl methyl sites for hydroxylation is 1. The molecule has 2 aromatic rings. The standard InChI is InChI=1S/C16H16FNO/c17-14-8-6-13(7-9-14)16(19)3-1-2-12-4-10-15(18)11-5-12/h4-11H,1-3,18H2. The van der Waals surface area contributed by atoms with Gasteiger partial charge >= 0.3 is 0 Å². The number of nitrogens with two attached hydrogens (primary N) is 1. The summed E-state index contributed by atoms with van der Waals surface area (Å²) in [5, 5.41) is 0. The molecule has 0 radical (unpaired) electrons. The normalized spacial score (nSPS) is 10.4. The van der Waals surface area contributed by atoms with Gasteiger partial charge in [0.1, 0.15) is 5.82 Å². The fraction of sp³-hybridized carbons (Fsp3) is 0.188. The van der Waals surface area contributed by atoms with Crippen LogP contribution in [0.1, 0.15) is 28.8 Å². The van der Waals surface area contributed by atoms with Gasteiger partial charge in [-0.2, -0.15) is 0 Å². The zero-order chi connectivity index (χ0) is 13.7. The van der Waals surface area contributed by atoms with E-state index >= 15 is 0 Å². The molecule has 0 saturated heterocycles. The van der Waals surface area contributed by atoms with E-state index in [9.17, 15) is 9.18 Å². The van der Waals surface area contributed by atoms with Crippen LogP contribution in [0.25, 0.3) is 0 Å². The third-order valence-corrected chi connectivity index (χ3v) is 3.02. The van der Waals surface area contributed by atoms with Gasteiger partial charge in [0, 0.05) is 17.7 Å². The molecule has 19 heavy (non-hydrogen) atoms. The van der Waals surface area contributed by atoms with Crippen molar-refractivity contribution in [3.63, 3.8) is 0 Å². The summed E-state index contributed by atoms with van der Waals surface area (Å²) in [6, 6.07) is 13.3. The predicted molar refractivity (Wildman–Crippen MR) is 74.5 cm³/mol. The molecule has 2 aromatic carbocycles. The van der Waals surface area contributed by atoms with Gasteiger partial charge in [-0.3, -0.25) is 4.79 Å². The van der Waals surface area contributed by atoms with Crippen molar-refractivity contribution in [2.45, 2.75) is 19.3 Å². The van der Waals surface area contributed by atoms with Gasteiger partial charge in [-0.1, -0.05) is 12.1 Å². The van der Waals surface area contributed by atoms with Crippen LogP contribution in [0.15, 0.2) is 48.5 Å². The van der Waals surface area contributed by atoms with E-state index in [-0.39, 0.29) is 11.6 Å². The Balaban J connectivity index is 1.84. The number of carbonyl (C=O) groups is 1. The summed E-state index contributed by atoms with van der Waals surface area (Å²) in [7, 11) is 0. The number of Topliss-reactive ketones (excluding diaryl/α,β-unsaturated/α-hetero) is 1. The Morgan fingerprint density at radius 2 is 1.63 bits per heavy atom. The van der Waals surface area contributed by atoms with Crippen LogP contribution >= 0.6 is 0 Å². The fourth-order valence-electron chi connectivity index (χ4n) is 1.92. The maximum atomic E-state index is 12.7. The first kappa shape index (κ1) is 13.3. The molecule has 0 aliphatic rings. The van der Waals surface area contributed by atoms with Crippen molar-refractivity contribution in [2.75, 3.05) is 5.73 Å². The molecule has 0 aliphatic heterocycles. The summed E-state index contributed by atoms with van der Waals surface area (Å²) in [5.74, 6) is -0.270. The average Bonchev–Trinajstić information content (AvgIpc) is 2.41. The highest BCUT2D eigenvalue weighted by Crippen LogP contribution is 2.11. The highest BCUT2D eigenvalue weighted by molar-refractivity contribution is 5.95. The second-order valence-electron chi connectivity index (χ2n) is 4.53. The maximum Gasteiger partial charge on any atom is 0.162 e. The highest BCUT2D eigenvalue weighted by atomic mass is 19.1. The summed E-state index contributed by atoms with van der Waals surface area (Å²) in [4.78, 5) is 11.9. The molecule has 0 amide bonds. The van der Waals surface area contributed by atoms with E-state index in [4.69, 9.17) is 5.73 Å². The summed E-state index contributed by atoms with van der Waals surface area (Å²) in [5.41, 5.74) is 8.08. The number of benzene rings is 2. The van der Waals surface area contributed by atoms with Crippen LogP contribution in [0.4, 0.5) is 10.1 Å². The van der Waals surface area contributed by atoms with Gasteiger partial charge in [-0.25, -0.2) is 4.39 Å². The van der Waals surface area contributed by atoms with Gasteiger partial charge in [0.25, 0.3) is 0 Å². The van der Waals surface area contributed by atoms with E-state index < -0.39 is 0 Å². The first-order chi connectivity index (χ1) is 9.15. The van der Waals surface area contributed by atoms with Crippen LogP contribution < -0.4 is 5.73 Å². The molecule has 0 heterocycles. The SMILES string of the molecule is Nc1ccc(CCCC(=O)c2ccc(F)cc2)cc1. The monoisotopic (exact) mass is 257 g/mol.